The summed E-state index contributed by atoms with van der Waals surface area (Å²) in [6.07, 6.45) is 1.48. The second kappa shape index (κ2) is 5.72. The largest absolute Gasteiger partial charge is 0.480 e. The standard InChI is InChI=1S/C8H10N2O4/c1-2-5(3-9)4-10-6(7(11)12)8(13)14/h2,6,10H,4H2,1H3,(H,11,12)(H,13,14). The van der Waals surface area contributed by atoms with Crippen molar-refractivity contribution in [1.82, 2.24) is 5.32 Å². The molecule has 0 spiro atoms. The number of carbonyl (C=O) groups is 2. The van der Waals surface area contributed by atoms with Crippen molar-refractivity contribution in [3.8, 4) is 6.07 Å². The molecule has 0 aromatic rings. The van der Waals surface area contributed by atoms with E-state index in [1.54, 1.807) is 13.0 Å². The monoisotopic (exact) mass is 198 g/mol. The van der Waals surface area contributed by atoms with Gasteiger partial charge in [0.25, 0.3) is 0 Å². The summed E-state index contributed by atoms with van der Waals surface area (Å²) in [6.45, 7) is 1.53. The molecular formula is C8H10N2O4. The van der Waals surface area contributed by atoms with Crippen LogP contribution in [0.15, 0.2) is 11.6 Å². The maximum atomic E-state index is 10.4. The third-order valence-electron chi connectivity index (χ3n) is 1.48. The number of nitrogens with zero attached hydrogens (tertiary/aromatic N) is 1. The van der Waals surface area contributed by atoms with Crippen LogP contribution in [0.4, 0.5) is 0 Å². The van der Waals surface area contributed by atoms with Crippen LogP contribution in [0.1, 0.15) is 6.92 Å². The fraction of sp³-hybridized carbons (Fsp3) is 0.375. The number of aliphatic carboxylic acids is 2. The molecule has 0 heterocycles. The van der Waals surface area contributed by atoms with Crippen molar-refractivity contribution in [2.45, 2.75) is 13.0 Å². The van der Waals surface area contributed by atoms with Gasteiger partial charge in [-0.3, -0.25) is 5.32 Å². The van der Waals surface area contributed by atoms with Gasteiger partial charge in [0.15, 0.2) is 0 Å². The molecule has 0 aliphatic rings. The molecule has 0 unspecified atom stereocenters. The highest BCUT2D eigenvalue weighted by atomic mass is 16.4. The van der Waals surface area contributed by atoms with Crippen LogP contribution in [0.3, 0.4) is 0 Å². The molecule has 0 fully saturated rings. The van der Waals surface area contributed by atoms with Crippen molar-refractivity contribution < 1.29 is 19.8 Å². The lowest BCUT2D eigenvalue weighted by molar-refractivity contribution is -0.150. The SMILES string of the molecule is CC=C(C#N)CNC(C(=O)O)C(=O)O. The van der Waals surface area contributed by atoms with E-state index in [0.717, 1.165) is 0 Å². The lowest BCUT2D eigenvalue weighted by atomic mass is 10.2. The Kier molecular flexibility index (Phi) is 4.96. The summed E-state index contributed by atoms with van der Waals surface area (Å²) in [5, 5.41) is 27.6. The molecule has 0 saturated carbocycles. The number of hydrogen-bond acceptors (Lipinski definition) is 4. The number of hydrogen-bond donors (Lipinski definition) is 3. The second-order valence-electron chi connectivity index (χ2n) is 2.42. The van der Waals surface area contributed by atoms with Crippen molar-refractivity contribution in [3.63, 3.8) is 0 Å². The minimum atomic E-state index is -1.68. The molecule has 0 radical (unpaired) electrons. The van der Waals surface area contributed by atoms with E-state index in [-0.39, 0.29) is 12.1 Å². The van der Waals surface area contributed by atoms with Gasteiger partial charge in [-0.25, -0.2) is 9.59 Å². The van der Waals surface area contributed by atoms with Gasteiger partial charge in [-0.05, 0) is 6.92 Å². The van der Waals surface area contributed by atoms with Gasteiger partial charge in [0.2, 0.25) is 6.04 Å². The Labute approximate surface area is 80.5 Å². The van der Waals surface area contributed by atoms with Crippen molar-refractivity contribution in [2.24, 2.45) is 0 Å². The van der Waals surface area contributed by atoms with Crippen LogP contribution < -0.4 is 5.32 Å². The lowest BCUT2D eigenvalue weighted by Gasteiger charge is -2.08. The van der Waals surface area contributed by atoms with Crippen molar-refractivity contribution >= 4 is 11.9 Å². The molecule has 14 heavy (non-hydrogen) atoms. The number of nitrogens with one attached hydrogen (secondary N) is 1. The Bertz CT molecular complexity index is 289. The molecule has 0 saturated heterocycles. The lowest BCUT2D eigenvalue weighted by Crippen LogP contribution is -2.44. The fourth-order valence-electron chi connectivity index (χ4n) is 0.698. The first-order valence-electron chi connectivity index (χ1n) is 3.77. The molecule has 0 aromatic carbocycles. The highest BCUT2D eigenvalue weighted by molar-refractivity contribution is 5.97. The maximum Gasteiger partial charge on any atom is 0.332 e. The van der Waals surface area contributed by atoms with E-state index >= 15 is 0 Å². The molecule has 6 nitrogen and oxygen atoms in total. The molecule has 76 valence electrons. The summed E-state index contributed by atoms with van der Waals surface area (Å²) in [5.41, 5.74) is 0.289. The summed E-state index contributed by atoms with van der Waals surface area (Å²) in [4.78, 5) is 20.8. The topological polar surface area (TPSA) is 110 Å². The third-order valence-corrected chi connectivity index (χ3v) is 1.48. The van der Waals surface area contributed by atoms with Crippen LogP contribution in [0, 0.1) is 11.3 Å². The number of carboxylic acid groups (broad SMARTS) is 2. The quantitative estimate of drug-likeness (QED) is 0.409. The van der Waals surface area contributed by atoms with Crippen LogP contribution in [0.25, 0.3) is 0 Å². The van der Waals surface area contributed by atoms with E-state index < -0.39 is 18.0 Å². The molecule has 0 rings (SSSR count). The van der Waals surface area contributed by atoms with Gasteiger partial charge in [-0.2, -0.15) is 5.26 Å². The van der Waals surface area contributed by atoms with E-state index in [4.69, 9.17) is 15.5 Å². The Morgan fingerprint density at radius 3 is 2.29 bits per heavy atom. The Hall–Kier alpha value is -1.87. The first-order valence-corrected chi connectivity index (χ1v) is 3.77. The number of carboxylic acids is 2. The minimum Gasteiger partial charge on any atom is -0.480 e. The van der Waals surface area contributed by atoms with Crippen LogP contribution in [-0.4, -0.2) is 34.7 Å². The van der Waals surface area contributed by atoms with Crippen LogP contribution >= 0.6 is 0 Å². The summed E-state index contributed by atoms with van der Waals surface area (Å²) in [5.74, 6) is -2.96. The minimum absolute atomic E-state index is 0.0731. The average molecular weight is 198 g/mol. The van der Waals surface area contributed by atoms with E-state index in [2.05, 4.69) is 5.32 Å². The second-order valence-corrected chi connectivity index (χ2v) is 2.42. The first-order chi connectivity index (χ1) is 6.52. The van der Waals surface area contributed by atoms with E-state index in [1.807, 2.05) is 0 Å². The summed E-state index contributed by atoms with van der Waals surface area (Å²) < 4.78 is 0. The number of nitriles is 1. The molecule has 0 aliphatic carbocycles. The highest BCUT2D eigenvalue weighted by Crippen LogP contribution is 1.91. The van der Waals surface area contributed by atoms with E-state index in [0.29, 0.717) is 0 Å². The van der Waals surface area contributed by atoms with Gasteiger partial charge in [0, 0.05) is 12.1 Å². The molecule has 0 aliphatic heterocycles. The Balaban J connectivity index is 4.29. The van der Waals surface area contributed by atoms with Crippen molar-refractivity contribution in [3.05, 3.63) is 11.6 Å². The zero-order chi connectivity index (χ0) is 11.1. The maximum absolute atomic E-state index is 10.4. The molecule has 0 bridgehead atoms. The summed E-state index contributed by atoms with van der Waals surface area (Å²) in [6, 6.07) is 0.116. The van der Waals surface area contributed by atoms with Gasteiger partial charge in [-0.1, -0.05) is 6.08 Å². The van der Waals surface area contributed by atoms with Crippen LogP contribution in [0.5, 0.6) is 0 Å². The van der Waals surface area contributed by atoms with Crippen molar-refractivity contribution in [1.29, 1.82) is 5.26 Å². The summed E-state index contributed by atoms with van der Waals surface area (Å²) in [7, 11) is 0. The molecule has 0 aromatic heterocycles. The molecule has 0 amide bonds. The predicted molar refractivity (Wildman–Crippen MR) is 46.4 cm³/mol. The van der Waals surface area contributed by atoms with Gasteiger partial charge in [-0.15, -0.1) is 0 Å². The van der Waals surface area contributed by atoms with Crippen molar-refractivity contribution in [2.75, 3.05) is 6.54 Å². The van der Waals surface area contributed by atoms with Gasteiger partial charge < -0.3 is 10.2 Å². The fourth-order valence-corrected chi connectivity index (χ4v) is 0.698. The molecule has 6 heteroatoms. The average Bonchev–Trinajstić information content (AvgIpc) is 2.11. The summed E-state index contributed by atoms with van der Waals surface area (Å²) >= 11 is 0. The number of rotatable bonds is 5. The Morgan fingerprint density at radius 2 is 2.00 bits per heavy atom. The van der Waals surface area contributed by atoms with Crippen LogP contribution in [0.2, 0.25) is 0 Å². The van der Waals surface area contributed by atoms with Gasteiger partial charge in [0.1, 0.15) is 0 Å². The normalized spacial score (nSPS) is 11.1. The van der Waals surface area contributed by atoms with Crippen LogP contribution in [-0.2, 0) is 9.59 Å². The Morgan fingerprint density at radius 1 is 1.50 bits per heavy atom. The van der Waals surface area contributed by atoms with Gasteiger partial charge >= 0.3 is 11.9 Å². The highest BCUT2D eigenvalue weighted by Gasteiger charge is 2.24. The zero-order valence-corrected chi connectivity index (χ0v) is 7.52. The molecule has 0 atom stereocenters. The number of allylic oxidation sites excluding steroid dienone is 1. The first kappa shape index (κ1) is 12.1. The van der Waals surface area contributed by atoms with E-state index in [9.17, 15) is 9.59 Å². The smallest absolute Gasteiger partial charge is 0.332 e. The zero-order valence-electron chi connectivity index (χ0n) is 7.52. The predicted octanol–water partition coefficient (Wildman–Crippen LogP) is -0.416. The van der Waals surface area contributed by atoms with Gasteiger partial charge in [0.05, 0.1) is 6.07 Å². The molecule has 3 N–H and O–H groups in total. The third kappa shape index (κ3) is 3.69. The molecular weight excluding hydrogens is 188 g/mol. The van der Waals surface area contributed by atoms with E-state index in [1.165, 1.54) is 6.08 Å².